The van der Waals surface area contributed by atoms with Crippen molar-refractivity contribution in [3.05, 3.63) is 69.5 Å². The summed E-state index contributed by atoms with van der Waals surface area (Å²) in [6, 6.07) is 12.1. The highest BCUT2D eigenvalue weighted by molar-refractivity contribution is 5.51. The highest BCUT2D eigenvalue weighted by atomic mass is 19.1. The van der Waals surface area contributed by atoms with E-state index in [1.807, 2.05) is 0 Å². The van der Waals surface area contributed by atoms with Crippen molar-refractivity contribution >= 4 is 11.4 Å². The molecular weight excluding hydrogens is 261 g/mol. The molecule has 2 aromatic carbocycles. The van der Waals surface area contributed by atoms with Gasteiger partial charge in [0.2, 0.25) is 0 Å². The van der Waals surface area contributed by atoms with Gasteiger partial charge in [-0.2, -0.15) is 5.26 Å². The Kier molecular flexibility index (Phi) is 3.91. The summed E-state index contributed by atoms with van der Waals surface area (Å²) >= 11 is 0. The van der Waals surface area contributed by atoms with Gasteiger partial charge in [-0.05, 0) is 23.8 Å². The summed E-state index contributed by atoms with van der Waals surface area (Å²) < 4.78 is 13.2. The van der Waals surface area contributed by atoms with E-state index >= 15 is 0 Å². The zero-order chi connectivity index (χ0) is 14.5. The molecule has 0 bridgehead atoms. The smallest absolute Gasteiger partial charge is 0.271 e. The molecular formula is C14H10FN3O2. The second-order valence-corrected chi connectivity index (χ2v) is 4.09. The number of benzene rings is 2. The molecule has 1 N–H and O–H groups in total. The van der Waals surface area contributed by atoms with Gasteiger partial charge in [0.25, 0.3) is 5.69 Å². The van der Waals surface area contributed by atoms with E-state index in [-0.39, 0.29) is 11.3 Å². The Morgan fingerprint density at radius 2 is 2.10 bits per heavy atom. The summed E-state index contributed by atoms with van der Waals surface area (Å²) in [7, 11) is 0. The van der Waals surface area contributed by atoms with Crippen LogP contribution in [0.1, 0.15) is 11.1 Å². The van der Waals surface area contributed by atoms with Crippen LogP contribution in [0.5, 0.6) is 0 Å². The van der Waals surface area contributed by atoms with Crippen LogP contribution in [0.15, 0.2) is 42.5 Å². The van der Waals surface area contributed by atoms with Gasteiger partial charge in [0.1, 0.15) is 11.9 Å². The number of nitro benzene ring substituents is 1. The molecule has 0 heterocycles. The van der Waals surface area contributed by atoms with Crippen molar-refractivity contribution in [2.75, 3.05) is 5.32 Å². The van der Waals surface area contributed by atoms with E-state index in [4.69, 9.17) is 5.26 Å². The third kappa shape index (κ3) is 3.09. The summed E-state index contributed by atoms with van der Waals surface area (Å²) in [5, 5.41) is 22.4. The van der Waals surface area contributed by atoms with E-state index in [0.717, 1.165) is 5.56 Å². The van der Waals surface area contributed by atoms with Gasteiger partial charge < -0.3 is 5.32 Å². The van der Waals surface area contributed by atoms with E-state index in [0.29, 0.717) is 12.2 Å². The average molecular weight is 271 g/mol. The molecule has 0 radical (unpaired) electrons. The fourth-order valence-corrected chi connectivity index (χ4v) is 1.70. The third-order valence-electron chi connectivity index (χ3n) is 2.70. The van der Waals surface area contributed by atoms with Crippen LogP contribution < -0.4 is 5.32 Å². The van der Waals surface area contributed by atoms with Crippen LogP contribution in [0.3, 0.4) is 0 Å². The first-order chi connectivity index (χ1) is 9.60. The molecule has 0 aromatic heterocycles. The minimum Gasteiger partial charge on any atom is -0.381 e. The molecule has 2 aromatic rings. The topological polar surface area (TPSA) is 79.0 Å². The Bertz CT molecular complexity index is 695. The van der Waals surface area contributed by atoms with Crippen molar-refractivity contribution in [3.63, 3.8) is 0 Å². The normalized spacial score (nSPS) is 9.80. The lowest BCUT2D eigenvalue weighted by atomic mass is 10.1. The van der Waals surface area contributed by atoms with E-state index in [1.54, 1.807) is 24.3 Å². The molecule has 5 nitrogen and oxygen atoms in total. The van der Waals surface area contributed by atoms with E-state index in [9.17, 15) is 14.5 Å². The van der Waals surface area contributed by atoms with Crippen LogP contribution in [0.4, 0.5) is 15.8 Å². The fraction of sp³-hybridized carbons (Fsp3) is 0.0714. The Hall–Kier alpha value is -2.94. The molecule has 100 valence electrons. The number of nitrogens with zero attached hydrogens (tertiary/aromatic N) is 2. The van der Waals surface area contributed by atoms with Crippen LogP contribution in [-0.4, -0.2) is 4.92 Å². The van der Waals surface area contributed by atoms with Crippen LogP contribution in [0.25, 0.3) is 0 Å². The van der Waals surface area contributed by atoms with Crippen molar-refractivity contribution in [1.29, 1.82) is 5.26 Å². The molecule has 0 amide bonds. The second kappa shape index (κ2) is 5.80. The number of nitrogens with one attached hydrogen (secondary N) is 1. The molecule has 20 heavy (non-hydrogen) atoms. The maximum atomic E-state index is 13.2. The lowest BCUT2D eigenvalue weighted by Gasteiger charge is -2.07. The second-order valence-electron chi connectivity index (χ2n) is 4.09. The highest BCUT2D eigenvalue weighted by Gasteiger charge is 2.06. The number of non-ortho nitro benzene ring substituents is 1. The molecule has 0 saturated carbocycles. The Balaban J connectivity index is 2.11. The lowest BCUT2D eigenvalue weighted by Crippen LogP contribution is -2.01. The molecule has 0 fully saturated rings. The highest BCUT2D eigenvalue weighted by Crippen LogP contribution is 2.18. The van der Waals surface area contributed by atoms with Crippen molar-refractivity contribution in [3.8, 4) is 6.07 Å². The summed E-state index contributed by atoms with van der Waals surface area (Å²) in [6.07, 6.45) is 0. The number of anilines is 1. The maximum Gasteiger partial charge on any atom is 0.271 e. The number of nitro groups is 1. The van der Waals surface area contributed by atoms with Crippen molar-refractivity contribution < 1.29 is 9.31 Å². The van der Waals surface area contributed by atoms with Gasteiger partial charge in [0.15, 0.2) is 0 Å². The number of hydrogen-bond donors (Lipinski definition) is 1. The molecule has 2 rings (SSSR count). The molecule has 0 aliphatic carbocycles. The predicted octanol–water partition coefficient (Wildman–Crippen LogP) is 3.22. The fourth-order valence-electron chi connectivity index (χ4n) is 1.70. The first-order valence-corrected chi connectivity index (χ1v) is 5.77. The Morgan fingerprint density at radius 1 is 1.30 bits per heavy atom. The molecule has 0 aliphatic rings. The van der Waals surface area contributed by atoms with Gasteiger partial charge in [-0.1, -0.05) is 12.1 Å². The van der Waals surface area contributed by atoms with E-state index in [2.05, 4.69) is 5.32 Å². The number of rotatable bonds is 4. The monoisotopic (exact) mass is 271 g/mol. The van der Waals surface area contributed by atoms with Gasteiger partial charge in [0.05, 0.1) is 10.5 Å². The van der Waals surface area contributed by atoms with Gasteiger partial charge in [-0.3, -0.25) is 10.1 Å². The zero-order valence-electron chi connectivity index (χ0n) is 10.3. The first kappa shape index (κ1) is 13.5. The van der Waals surface area contributed by atoms with Gasteiger partial charge in [-0.25, -0.2) is 4.39 Å². The third-order valence-corrected chi connectivity index (χ3v) is 2.70. The van der Waals surface area contributed by atoms with Crippen LogP contribution >= 0.6 is 0 Å². The van der Waals surface area contributed by atoms with Crippen LogP contribution in [-0.2, 0) is 6.54 Å². The largest absolute Gasteiger partial charge is 0.381 e. The maximum absolute atomic E-state index is 13.2. The molecule has 0 spiro atoms. The minimum absolute atomic E-state index is 0.00757. The average Bonchev–Trinajstić information content (AvgIpc) is 2.46. The predicted molar refractivity (Wildman–Crippen MR) is 71.5 cm³/mol. The Labute approximate surface area is 114 Å². The molecule has 0 aliphatic heterocycles. The van der Waals surface area contributed by atoms with Crippen LogP contribution in [0.2, 0.25) is 0 Å². The first-order valence-electron chi connectivity index (χ1n) is 5.77. The number of nitriles is 1. The van der Waals surface area contributed by atoms with Crippen molar-refractivity contribution in [1.82, 2.24) is 0 Å². The molecule has 0 atom stereocenters. The summed E-state index contributed by atoms with van der Waals surface area (Å²) in [4.78, 5) is 10.2. The quantitative estimate of drug-likeness (QED) is 0.684. The molecule has 6 heteroatoms. The standard InChI is InChI=1S/C14H10FN3O2/c15-14-5-4-10(6-11(14)8-16)9-17-12-2-1-3-13(7-12)18(19)20/h1-7,17H,9H2. The minimum atomic E-state index is -0.563. The van der Waals surface area contributed by atoms with Crippen molar-refractivity contribution in [2.24, 2.45) is 0 Å². The summed E-state index contributed by atoms with van der Waals surface area (Å²) in [5.41, 5.74) is 1.27. The zero-order valence-corrected chi connectivity index (χ0v) is 10.3. The number of halogens is 1. The van der Waals surface area contributed by atoms with Crippen molar-refractivity contribution in [2.45, 2.75) is 6.54 Å². The molecule has 0 saturated heterocycles. The number of hydrogen-bond acceptors (Lipinski definition) is 4. The lowest BCUT2D eigenvalue weighted by molar-refractivity contribution is -0.384. The van der Waals surface area contributed by atoms with Gasteiger partial charge >= 0.3 is 0 Å². The van der Waals surface area contributed by atoms with E-state index in [1.165, 1.54) is 24.3 Å². The Morgan fingerprint density at radius 3 is 2.80 bits per heavy atom. The van der Waals surface area contributed by atoms with Gasteiger partial charge in [-0.15, -0.1) is 0 Å². The van der Waals surface area contributed by atoms with Gasteiger partial charge in [0, 0.05) is 24.4 Å². The summed E-state index contributed by atoms with van der Waals surface area (Å²) in [6.45, 7) is 0.343. The molecule has 0 unspecified atom stereocenters. The van der Waals surface area contributed by atoms with E-state index < -0.39 is 10.7 Å². The SMILES string of the molecule is N#Cc1cc(CNc2cccc([N+](=O)[O-])c2)ccc1F. The summed E-state index contributed by atoms with van der Waals surface area (Å²) in [5.74, 6) is -0.563. The van der Waals surface area contributed by atoms with Crippen LogP contribution in [0, 0.1) is 27.3 Å².